The second-order valence-corrected chi connectivity index (χ2v) is 5.89. The quantitative estimate of drug-likeness (QED) is 0.431. The van der Waals surface area contributed by atoms with Crippen LogP contribution >= 0.6 is 0 Å². The Morgan fingerprint density at radius 3 is 2.86 bits per heavy atom. The van der Waals surface area contributed by atoms with Gasteiger partial charge in [0.15, 0.2) is 0 Å². The number of hydrogen-bond acceptors (Lipinski definition) is 2. The van der Waals surface area contributed by atoms with Gasteiger partial charge in [0.2, 0.25) is 0 Å². The van der Waals surface area contributed by atoms with Crippen molar-refractivity contribution in [3.63, 3.8) is 0 Å². The highest BCUT2D eigenvalue weighted by molar-refractivity contribution is 5.65. The number of unbranched alkanes of at least 4 members (excludes halogenated alkanes) is 1. The van der Waals surface area contributed by atoms with Gasteiger partial charge < -0.3 is 4.74 Å². The molecule has 1 aromatic rings. The molecule has 2 heteroatoms. The van der Waals surface area contributed by atoms with Crippen LogP contribution in [0.1, 0.15) is 51.0 Å². The highest BCUT2D eigenvalue weighted by Crippen LogP contribution is 2.32. The third-order valence-corrected chi connectivity index (χ3v) is 4.18. The van der Waals surface area contributed by atoms with E-state index in [2.05, 4.69) is 36.4 Å². The van der Waals surface area contributed by atoms with Crippen LogP contribution in [0.25, 0.3) is 0 Å². The Morgan fingerprint density at radius 1 is 1.29 bits per heavy atom. The van der Waals surface area contributed by atoms with E-state index in [1.807, 2.05) is 0 Å². The van der Waals surface area contributed by atoms with E-state index in [1.54, 1.807) is 5.57 Å². The zero-order chi connectivity index (χ0) is 14.9. The molecule has 1 saturated carbocycles. The third kappa shape index (κ3) is 5.74. The lowest BCUT2D eigenvalue weighted by atomic mass is 9.80. The number of carbonyl (C=O) groups is 1. The molecule has 0 bridgehead atoms. The normalized spacial score (nSPS) is 20.4. The van der Waals surface area contributed by atoms with Crippen LogP contribution in [0.3, 0.4) is 0 Å². The van der Waals surface area contributed by atoms with Crippen LogP contribution in [0.15, 0.2) is 42.0 Å². The summed E-state index contributed by atoms with van der Waals surface area (Å²) in [6, 6.07) is 10.8. The fourth-order valence-electron chi connectivity index (χ4n) is 3.10. The van der Waals surface area contributed by atoms with Crippen LogP contribution in [0.4, 0.5) is 0 Å². The van der Waals surface area contributed by atoms with Gasteiger partial charge in [-0.25, -0.2) is 0 Å². The van der Waals surface area contributed by atoms with Crippen molar-refractivity contribution in [3.05, 3.63) is 47.5 Å². The summed E-state index contributed by atoms with van der Waals surface area (Å²) in [5.74, 6) is 0.525. The predicted octanol–water partition coefficient (Wildman–Crippen LogP) is 4.69. The lowest BCUT2D eigenvalue weighted by molar-refractivity contribution is -0.141. The SMILES string of the molecule is CC(=O)OCCC/C=C1/CCCCC1Cc1ccccc1. The van der Waals surface area contributed by atoms with Crippen molar-refractivity contribution in [2.45, 2.75) is 51.9 Å². The van der Waals surface area contributed by atoms with Gasteiger partial charge in [-0.2, -0.15) is 0 Å². The maximum Gasteiger partial charge on any atom is 0.302 e. The summed E-state index contributed by atoms with van der Waals surface area (Å²) in [6.07, 6.45) is 10.7. The average Bonchev–Trinajstić information content (AvgIpc) is 2.49. The van der Waals surface area contributed by atoms with Crippen LogP contribution < -0.4 is 0 Å². The van der Waals surface area contributed by atoms with E-state index in [0.29, 0.717) is 12.5 Å². The molecule has 0 saturated heterocycles. The molecule has 1 aliphatic rings. The minimum atomic E-state index is -0.178. The fourth-order valence-corrected chi connectivity index (χ4v) is 3.10. The molecule has 0 aliphatic heterocycles. The molecule has 0 radical (unpaired) electrons. The fraction of sp³-hybridized carbons (Fsp3) is 0.526. The second-order valence-electron chi connectivity index (χ2n) is 5.89. The molecule has 0 N–H and O–H groups in total. The Labute approximate surface area is 128 Å². The summed E-state index contributed by atoms with van der Waals surface area (Å²) in [4.78, 5) is 10.7. The number of esters is 1. The smallest absolute Gasteiger partial charge is 0.302 e. The van der Waals surface area contributed by atoms with E-state index in [1.165, 1.54) is 38.2 Å². The summed E-state index contributed by atoms with van der Waals surface area (Å²) < 4.78 is 4.99. The van der Waals surface area contributed by atoms with Gasteiger partial charge in [0, 0.05) is 6.92 Å². The van der Waals surface area contributed by atoms with Crippen molar-refractivity contribution in [2.24, 2.45) is 5.92 Å². The molecular formula is C19H26O2. The summed E-state index contributed by atoms with van der Waals surface area (Å²) >= 11 is 0. The molecule has 1 aromatic carbocycles. The zero-order valence-electron chi connectivity index (χ0n) is 13.0. The summed E-state index contributed by atoms with van der Waals surface area (Å²) in [6.45, 7) is 2.01. The molecule has 1 fully saturated rings. The first-order valence-electron chi connectivity index (χ1n) is 8.12. The number of carbonyl (C=O) groups excluding carboxylic acids is 1. The van der Waals surface area contributed by atoms with Crippen molar-refractivity contribution >= 4 is 5.97 Å². The first-order chi connectivity index (χ1) is 10.3. The average molecular weight is 286 g/mol. The lowest BCUT2D eigenvalue weighted by Crippen LogP contribution is -2.13. The van der Waals surface area contributed by atoms with E-state index in [0.717, 1.165) is 19.3 Å². The largest absolute Gasteiger partial charge is 0.466 e. The van der Waals surface area contributed by atoms with Crippen LogP contribution in [0.2, 0.25) is 0 Å². The molecule has 0 heterocycles. The molecule has 114 valence electrons. The molecular weight excluding hydrogens is 260 g/mol. The van der Waals surface area contributed by atoms with Crippen LogP contribution in [0.5, 0.6) is 0 Å². The Hall–Kier alpha value is -1.57. The summed E-state index contributed by atoms with van der Waals surface area (Å²) in [7, 11) is 0. The van der Waals surface area contributed by atoms with Crippen molar-refractivity contribution in [2.75, 3.05) is 6.61 Å². The van der Waals surface area contributed by atoms with E-state index in [-0.39, 0.29) is 5.97 Å². The highest BCUT2D eigenvalue weighted by atomic mass is 16.5. The van der Waals surface area contributed by atoms with Crippen molar-refractivity contribution in [1.29, 1.82) is 0 Å². The van der Waals surface area contributed by atoms with E-state index in [4.69, 9.17) is 4.74 Å². The Balaban J connectivity index is 1.84. The minimum absolute atomic E-state index is 0.178. The highest BCUT2D eigenvalue weighted by Gasteiger charge is 2.18. The molecule has 0 aromatic heterocycles. The molecule has 2 rings (SSSR count). The zero-order valence-corrected chi connectivity index (χ0v) is 13.0. The van der Waals surface area contributed by atoms with Crippen LogP contribution in [-0.4, -0.2) is 12.6 Å². The van der Waals surface area contributed by atoms with Gasteiger partial charge in [-0.15, -0.1) is 0 Å². The molecule has 2 nitrogen and oxygen atoms in total. The van der Waals surface area contributed by atoms with Gasteiger partial charge >= 0.3 is 5.97 Å². The van der Waals surface area contributed by atoms with E-state index < -0.39 is 0 Å². The third-order valence-electron chi connectivity index (χ3n) is 4.18. The lowest BCUT2D eigenvalue weighted by Gasteiger charge is -2.26. The molecule has 1 atom stereocenters. The molecule has 0 amide bonds. The van der Waals surface area contributed by atoms with Gasteiger partial charge in [-0.1, -0.05) is 48.4 Å². The maximum absolute atomic E-state index is 10.7. The Kier molecular flexibility index (Phi) is 6.52. The van der Waals surface area contributed by atoms with Gasteiger partial charge in [-0.3, -0.25) is 4.79 Å². The number of rotatable bonds is 6. The van der Waals surface area contributed by atoms with Crippen LogP contribution in [-0.2, 0) is 16.0 Å². The summed E-state index contributed by atoms with van der Waals surface area (Å²) in [5, 5.41) is 0. The van der Waals surface area contributed by atoms with Gasteiger partial charge in [-0.05, 0) is 50.0 Å². The van der Waals surface area contributed by atoms with Crippen molar-refractivity contribution < 1.29 is 9.53 Å². The maximum atomic E-state index is 10.7. The molecule has 21 heavy (non-hydrogen) atoms. The van der Waals surface area contributed by atoms with Gasteiger partial charge in [0.1, 0.15) is 0 Å². The Bertz CT molecular complexity index is 462. The minimum Gasteiger partial charge on any atom is -0.466 e. The second kappa shape index (κ2) is 8.66. The van der Waals surface area contributed by atoms with Crippen molar-refractivity contribution in [1.82, 2.24) is 0 Å². The number of allylic oxidation sites excluding steroid dienone is 2. The van der Waals surface area contributed by atoms with E-state index in [9.17, 15) is 4.79 Å². The molecule has 1 aliphatic carbocycles. The first kappa shape index (κ1) is 15.8. The number of hydrogen-bond donors (Lipinski definition) is 0. The standard InChI is InChI=1S/C19H26O2/c1-16(20)21-14-8-7-12-18-11-5-6-13-19(18)15-17-9-3-2-4-10-17/h2-4,9-10,12,19H,5-8,11,13-15H2,1H3/b18-12-. The number of ether oxygens (including phenoxy) is 1. The van der Waals surface area contributed by atoms with Gasteiger partial charge in [0.05, 0.1) is 6.61 Å². The molecule has 1 unspecified atom stereocenters. The number of benzene rings is 1. The molecule has 0 spiro atoms. The first-order valence-corrected chi connectivity index (χ1v) is 8.12. The summed E-state index contributed by atoms with van der Waals surface area (Å²) in [5.41, 5.74) is 3.06. The van der Waals surface area contributed by atoms with Crippen molar-refractivity contribution in [3.8, 4) is 0 Å². The van der Waals surface area contributed by atoms with Crippen LogP contribution in [0, 0.1) is 5.92 Å². The van der Waals surface area contributed by atoms with Gasteiger partial charge in [0.25, 0.3) is 0 Å². The van der Waals surface area contributed by atoms with E-state index >= 15 is 0 Å². The predicted molar refractivity (Wildman–Crippen MR) is 86.1 cm³/mol. The Morgan fingerprint density at radius 2 is 2.10 bits per heavy atom. The monoisotopic (exact) mass is 286 g/mol. The topological polar surface area (TPSA) is 26.3 Å².